The summed E-state index contributed by atoms with van der Waals surface area (Å²) in [6.45, 7) is 11.1. The zero-order valence-electron chi connectivity index (χ0n) is 41.9. The fourth-order valence-corrected chi connectivity index (χ4v) is 12.6. The molecule has 8 rings (SSSR count). The molecule has 5 aromatic rings. The summed E-state index contributed by atoms with van der Waals surface area (Å²) in [5, 5.41) is 13.2. The molecular formula is C57H69INO12-. The van der Waals surface area contributed by atoms with E-state index in [0.717, 1.165) is 41.1 Å². The Hall–Kier alpha value is -5.19. The number of rotatable bonds is 22. The second-order valence-electron chi connectivity index (χ2n) is 21.0. The first kappa shape index (κ1) is 52.1. The summed E-state index contributed by atoms with van der Waals surface area (Å²) in [6, 6.07) is 32.3. The van der Waals surface area contributed by atoms with E-state index in [2.05, 4.69) is 31.2 Å². The third-order valence-electron chi connectivity index (χ3n) is 14.6. The topological polar surface area (TPSA) is 161 Å². The maximum absolute atomic E-state index is 14.4. The summed E-state index contributed by atoms with van der Waals surface area (Å²) >= 11 is -0.327. The smallest absolute Gasteiger partial charge is 0.311 e. The fourth-order valence-electron chi connectivity index (χ4n) is 10.5. The number of benzene rings is 4. The molecule has 0 spiro atoms. The number of halogens is 1. The average Bonchev–Trinajstić information content (AvgIpc) is 4.08. The number of epoxide rings is 1. The number of fused-ring (bicyclic) bond motifs is 4. The van der Waals surface area contributed by atoms with Crippen LogP contribution in [0.15, 0.2) is 97.1 Å². The van der Waals surface area contributed by atoms with Gasteiger partial charge in [-0.2, -0.15) is 4.73 Å². The first-order valence-corrected chi connectivity index (χ1v) is 27.3. The summed E-state index contributed by atoms with van der Waals surface area (Å²) in [5.41, 5.74) is -0.520. The van der Waals surface area contributed by atoms with Gasteiger partial charge in [0, 0.05) is 10.8 Å². The molecule has 3 fully saturated rings. The van der Waals surface area contributed by atoms with Crippen molar-refractivity contribution in [2.45, 2.75) is 124 Å². The molecule has 4 aromatic carbocycles. The summed E-state index contributed by atoms with van der Waals surface area (Å²) < 4.78 is 39.3. The second-order valence-corrected chi connectivity index (χ2v) is 24.0. The van der Waals surface area contributed by atoms with Crippen molar-refractivity contribution >= 4 is 45.7 Å². The van der Waals surface area contributed by atoms with Gasteiger partial charge in [-0.1, -0.05) is 43.3 Å². The van der Waals surface area contributed by atoms with Crippen LogP contribution in [0.5, 0.6) is 5.75 Å². The van der Waals surface area contributed by atoms with E-state index in [1.54, 1.807) is 32.4 Å². The summed E-state index contributed by atoms with van der Waals surface area (Å²) in [7, 11) is 0. The fraction of sp³-hybridized carbons (Fsp3) is 0.509. The van der Waals surface area contributed by atoms with Gasteiger partial charge < -0.3 is 23.8 Å². The van der Waals surface area contributed by atoms with E-state index in [1.807, 2.05) is 79.7 Å². The molecule has 1 saturated heterocycles. The summed E-state index contributed by atoms with van der Waals surface area (Å²) in [4.78, 5) is 61.5. The molecule has 1 aliphatic heterocycles. The Bertz CT molecular complexity index is 2590. The normalized spacial score (nSPS) is 22.6. The Morgan fingerprint density at radius 3 is 1.90 bits per heavy atom. The minimum Gasteiger partial charge on any atom is -0.465 e. The molecule has 382 valence electrons. The number of carbonyl (C=O) groups is 4. The molecule has 0 radical (unpaired) electrons. The Balaban J connectivity index is 0.829. The van der Waals surface area contributed by atoms with E-state index in [-0.39, 0.29) is 91.4 Å². The van der Waals surface area contributed by atoms with Crippen LogP contribution >= 0.6 is 0 Å². The molecule has 0 amide bonds. The number of aromatic nitrogens is 1. The number of aliphatic hydroxyl groups excluding tert-OH is 1. The zero-order chi connectivity index (χ0) is 50.3. The van der Waals surface area contributed by atoms with Crippen molar-refractivity contribution in [3.63, 3.8) is 0 Å². The second kappa shape index (κ2) is 22.7. The first-order chi connectivity index (χ1) is 34.0. The van der Waals surface area contributed by atoms with Gasteiger partial charge in [-0.25, -0.2) is 0 Å². The van der Waals surface area contributed by atoms with Crippen LogP contribution in [-0.4, -0.2) is 91.2 Å². The number of para-hydroxylation sites is 2. The Morgan fingerprint density at radius 1 is 0.676 bits per heavy atom. The van der Waals surface area contributed by atoms with Gasteiger partial charge in [-0.3, -0.25) is 14.4 Å². The summed E-state index contributed by atoms with van der Waals surface area (Å²) in [5.74, 6) is -1.46. The van der Waals surface area contributed by atoms with Gasteiger partial charge in [0.25, 0.3) is 0 Å². The van der Waals surface area contributed by atoms with Crippen molar-refractivity contribution in [2.24, 2.45) is 28.1 Å². The van der Waals surface area contributed by atoms with Crippen molar-refractivity contribution in [3.8, 4) is 5.75 Å². The number of hydrogen-bond donors (Lipinski definition) is 1. The number of ether oxygens (including phenoxy) is 6. The van der Waals surface area contributed by atoms with E-state index in [4.69, 9.17) is 33.3 Å². The molecule has 8 unspecified atom stereocenters. The van der Waals surface area contributed by atoms with Crippen molar-refractivity contribution in [2.75, 3.05) is 33.0 Å². The van der Waals surface area contributed by atoms with Crippen LogP contribution in [0.1, 0.15) is 98.0 Å². The molecule has 1 N–H and O–H groups in total. The monoisotopic (exact) mass is 1090 g/mol. The van der Waals surface area contributed by atoms with Crippen LogP contribution in [0.4, 0.5) is 0 Å². The molecule has 3 aliphatic rings. The minimum absolute atomic E-state index is 0.0146. The van der Waals surface area contributed by atoms with Gasteiger partial charge in [-0.15, -0.1) is 0 Å². The molecular weight excluding hydrogens is 1020 g/mol. The van der Waals surface area contributed by atoms with Crippen LogP contribution in [0.2, 0.25) is 0 Å². The van der Waals surface area contributed by atoms with Crippen molar-refractivity contribution in [3.05, 3.63) is 110 Å². The standard InChI is InChI=1S/C57H69INO12/c1-7-56(5,53(63)65-28-29-69-59-45-14-10-8-12-43(45)44-13-9-11-15-46(44)59)36-57(6,54(64)68-33-39-19-27-49-50(31-39)70-49)35-55(3,4)52(62)67-32-38-18-26-48(47(60)30-38)71-51(61)34-66-42-24-22-41(23-25-42)58-40-20-16-37(2)17-21-40/h8-17,20-25,38-39,47-50,60H,7,18-19,26-36H2,1-6H3/q-1. The van der Waals surface area contributed by atoms with Crippen LogP contribution in [-0.2, 0) is 42.9 Å². The molecule has 0 bridgehead atoms. The molecule has 2 saturated carbocycles. The molecule has 71 heavy (non-hydrogen) atoms. The average molecular weight is 1090 g/mol. The van der Waals surface area contributed by atoms with Crippen LogP contribution in [0, 0.1) is 42.1 Å². The van der Waals surface area contributed by atoms with Crippen molar-refractivity contribution in [1.29, 1.82) is 0 Å². The predicted molar refractivity (Wildman–Crippen MR) is 263 cm³/mol. The van der Waals surface area contributed by atoms with Crippen molar-refractivity contribution in [1.82, 2.24) is 4.73 Å². The van der Waals surface area contributed by atoms with E-state index >= 15 is 0 Å². The largest absolute Gasteiger partial charge is 0.465 e. The van der Waals surface area contributed by atoms with Gasteiger partial charge in [0.2, 0.25) is 0 Å². The number of esters is 4. The van der Waals surface area contributed by atoms with E-state index in [0.29, 0.717) is 31.1 Å². The molecule has 2 heterocycles. The maximum Gasteiger partial charge on any atom is 0.311 e. The third kappa shape index (κ3) is 13.1. The van der Waals surface area contributed by atoms with E-state index < -0.39 is 52.3 Å². The van der Waals surface area contributed by atoms with Crippen LogP contribution in [0.25, 0.3) is 21.8 Å². The van der Waals surface area contributed by atoms with Gasteiger partial charge >= 0.3 is 182 Å². The van der Waals surface area contributed by atoms with Gasteiger partial charge in [0.1, 0.15) is 13.2 Å². The molecule has 14 heteroatoms. The maximum atomic E-state index is 14.4. The number of carbonyl (C=O) groups excluding carboxylic acids is 4. The molecule has 2 aliphatic carbocycles. The molecule has 1 aromatic heterocycles. The van der Waals surface area contributed by atoms with E-state index in [1.165, 1.54) is 12.7 Å². The Morgan fingerprint density at radius 2 is 1.27 bits per heavy atom. The van der Waals surface area contributed by atoms with Crippen LogP contribution < -0.4 is 30.8 Å². The zero-order valence-corrected chi connectivity index (χ0v) is 44.0. The number of aliphatic hydroxyl groups is 1. The Labute approximate surface area is 427 Å². The van der Waals surface area contributed by atoms with Gasteiger partial charge in [-0.05, 0) is 84.3 Å². The Kier molecular flexibility index (Phi) is 16.7. The number of nitrogens with zero attached hydrogens (tertiary/aromatic N) is 1. The summed E-state index contributed by atoms with van der Waals surface area (Å²) in [6.07, 6.45) is 3.27. The van der Waals surface area contributed by atoms with Crippen LogP contribution in [0.3, 0.4) is 0 Å². The molecule has 13 nitrogen and oxygen atoms in total. The molecule has 8 atom stereocenters. The van der Waals surface area contributed by atoms with Gasteiger partial charge in [0.15, 0.2) is 0 Å². The first-order valence-electron chi connectivity index (χ1n) is 25.1. The SMILES string of the molecule is CCC(C)(CC(C)(CC(C)(C)C(=O)OCC1CCC(OC(=O)COc2ccc([I-]c3ccc(C)cc3)cc2)C(O)C1)C(=O)OCC1CCC2OC2C1)C(=O)OCCOn1c2ccccc2c2ccccc21. The predicted octanol–water partition coefficient (Wildman–Crippen LogP) is 6.24. The van der Waals surface area contributed by atoms with E-state index in [9.17, 15) is 24.3 Å². The number of hydrogen-bond acceptors (Lipinski definition) is 12. The quantitative estimate of drug-likeness (QED) is 0.0274. The number of aryl methyl sites for hydroxylation is 1. The third-order valence-corrected chi connectivity index (χ3v) is 17.2. The van der Waals surface area contributed by atoms with Gasteiger partial charge in [0.05, 0.1) is 52.7 Å². The minimum atomic E-state index is -1.28. The van der Waals surface area contributed by atoms with Crippen molar-refractivity contribution < 1.29 is 78.7 Å².